The molecule has 0 radical (unpaired) electrons. The summed E-state index contributed by atoms with van der Waals surface area (Å²) in [4.78, 5) is 0. The van der Waals surface area contributed by atoms with Crippen molar-refractivity contribution in [2.75, 3.05) is 23.9 Å². The van der Waals surface area contributed by atoms with E-state index in [0.717, 1.165) is 23.7 Å². The van der Waals surface area contributed by atoms with Crippen LogP contribution in [0.1, 0.15) is 72.1 Å². The van der Waals surface area contributed by atoms with Gasteiger partial charge in [-0.25, -0.2) is 0 Å². The van der Waals surface area contributed by atoms with Crippen LogP contribution in [0.3, 0.4) is 0 Å². The zero-order valence-electron chi connectivity index (χ0n) is 16.1. The van der Waals surface area contributed by atoms with E-state index in [4.69, 9.17) is 9.53 Å². The van der Waals surface area contributed by atoms with Crippen molar-refractivity contribution in [3.63, 3.8) is 0 Å². The minimum atomic E-state index is -1.48. The molecule has 0 aliphatic heterocycles. The highest BCUT2D eigenvalue weighted by atomic mass is 79.9. The molecule has 0 aromatic heterocycles. The maximum Gasteiger partial charge on any atom is 0.191 e. The van der Waals surface area contributed by atoms with E-state index in [9.17, 15) is 0 Å². The summed E-state index contributed by atoms with van der Waals surface area (Å²) in [6.07, 6.45) is 9.76. The summed E-state index contributed by atoms with van der Waals surface area (Å²) in [6.45, 7) is 12.8. The standard InChI is InChI=1S/C12H27BrOSi.C6H13BrO/c1-12(2,3)15(4,5)14-11-9-7-6-8-10-13;7-5-3-1-2-4-6-8/h6-11H2,1-5H3;8H,1-6H2. The van der Waals surface area contributed by atoms with Crippen LogP contribution in [0.15, 0.2) is 0 Å². The van der Waals surface area contributed by atoms with Crippen molar-refractivity contribution in [2.24, 2.45) is 0 Å². The second kappa shape index (κ2) is 16.6. The van der Waals surface area contributed by atoms with Crippen LogP contribution in [0.25, 0.3) is 0 Å². The lowest BCUT2D eigenvalue weighted by Crippen LogP contribution is -2.40. The van der Waals surface area contributed by atoms with Crippen LogP contribution in [0.5, 0.6) is 0 Å². The third-order valence-corrected chi connectivity index (χ3v) is 10.00. The zero-order valence-corrected chi connectivity index (χ0v) is 20.3. The summed E-state index contributed by atoms with van der Waals surface area (Å²) in [5.74, 6) is 0. The van der Waals surface area contributed by atoms with Gasteiger partial charge in [-0.15, -0.1) is 0 Å². The molecular formula is C18H40Br2O2Si. The molecule has 0 spiro atoms. The van der Waals surface area contributed by atoms with Crippen molar-refractivity contribution in [3.05, 3.63) is 0 Å². The van der Waals surface area contributed by atoms with Gasteiger partial charge >= 0.3 is 0 Å². The summed E-state index contributed by atoms with van der Waals surface area (Å²) < 4.78 is 6.10. The van der Waals surface area contributed by atoms with Gasteiger partial charge in [0.2, 0.25) is 0 Å². The molecule has 0 heterocycles. The predicted octanol–water partition coefficient (Wildman–Crippen LogP) is 6.90. The maximum atomic E-state index is 8.35. The Morgan fingerprint density at radius 1 is 0.783 bits per heavy atom. The Balaban J connectivity index is 0. The third kappa shape index (κ3) is 17.7. The molecule has 0 unspecified atom stereocenters. The number of hydrogen-bond acceptors (Lipinski definition) is 2. The predicted molar refractivity (Wildman–Crippen MR) is 115 cm³/mol. The summed E-state index contributed by atoms with van der Waals surface area (Å²) in [5.41, 5.74) is 0. The second-order valence-corrected chi connectivity index (χ2v) is 13.9. The van der Waals surface area contributed by atoms with E-state index in [2.05, 4.69) is 65.7 Å². The third-order valence-electron chi connectivity index (χ3n) is 4.34. The molecule has 2 nitrogen and oxygen atoms in total. The van der Waals surface area contributed by atoms with Crippen LogP contribution in [0.2, 0.25) is 18.1 Å². The average Bonchev–Trinajstić information content (AvgIpc) is 2.47. The Morgan fingerprint density at radius 3 is 1.61 bits per heavy atom. The van der Waals surface area contributed by atoms with Crippen molar-refractivity contribution < 1.29 is 9.53 Å². The normalized spacial score (nSPS) is 12.0. The zero-order chi connectivity index (χ0) is 18.2. The van der Waals surface area contributed by atoms with Crippen LogP contribution in [-0.2, 0) is 4.43 Å². The van der Waals surface area contributed by atoms with Gasteiger partial charge in [0.25, 0.3) is 0 Å². The molecule has 1 N–H and O–H groups in total. The molecule has 0 aromatic rings. The molecule has 0 bridgehead atoms. The maximum absolute atomic E-state index is 8.35. The van der Waals surface area contributed by atoms with E-state index >= 15 is 0 Å². The molecule has 142 valence electrons. The molecule has 0 amide bonds. The fraction of sp³-hybridized carbons (Fsp3) is 1.00. The van der Waals surface area contributed by atoms with E-state index in [1.54, 1.807) is 0 Å². The van der Waals surface area contributed by atoms with Gasteiger partial charge in [0.1, 0.15) is 0 Å². The quantitative estimate of drug-likeness (QED) is 0.189. The minimum Gasteiger partial charge on any atom is -0.417 e. The first-order valence-electron chi connectivity index (χ1n) is 9.09. The lowest BCUT2D eigenvalue weighted by atomic mass is 10.2. The number of aliphatic hydroxyl groups excluding tert-OH is 1. The molecule has 0 saturated carbocycles. The number of hydrogen-bond donors (Lipinski definition) is 1. The van der Waals surface area contributed by atoms with Gasteiger partial charge in [-0.1, -0.05) is 78.3 Å². The second-order valence-electron chi connectivity index (χ2n) is 7.54. The minimum absolute atomic E-state index is 0.349. The molecule has 0 aliphatic rings. The number of halogens is 2. The monoisotopic (exact) mass is 474 g/mol. The van der Waals surface area contributed by atoms with Crippen LogP contribution in [-0.4, -0.2) is 37.3 Å². The first-order valence-corrected chi connectivity index (χ1v) is 14.2. The van der Waals surface area contributed by atoms with Gasteiger partial charge < -0.3 is 9.53 Å². The van der Waals surface area contributed by atoms with Gasteiger partial charge in [0, 0.05) is 23.9 Å². The van der Waals surface area contributed by atoms with E-state index in [0.29, 0.717) is 11.6 Å². The topological polar surface area (TPSA) is 29.5 Å². The molecule has 5 heteroatoms. The number of unbranched alkanes of at least 4 members (excludes halogenated alkanes) is 6. The SMILES string of the molecule is CC(C)(C)[Si](C)(C)OCCCCCCBr.OCCCCCCBr. The van der Waals surface area contributed by atoms with E-state index in [1.807, 2.05) is 0 Å². The highest BCUT2D eigenvalue weighted by molar-refractivity contribution is 9.09. The number of aliphatic hydroxyl groups is 1. The molecule has 0 saturated heterocycles. The Hall–Kier alpha value is 1.10. The first kappa shape index (κ1) is 26.3. The molecular weight excluding hydrogens is 436 g/mol. The Morgan fingerprint density at radius 2 is 1.22 bits per heavy atom. The molecule has 0 aliphatic carbocycles. The fourth-order valence-electron chi connectivity index (χ4n) is 1.65. The largest absolute Gasteiger partial charge is 0.417 e. The summed E-state index contributed by atoms with van der Waals surface area (Å²) in [5, 5.41) is 10.9. The molecule has 0 aromatic carbocycles. The van der Waals surface area contributed by atoms with E-state index in [-0.39, 0.29) is 0 Å². The highest BCUT2D eigenvalue weighted by Crippen LogP contribution is 2.36. The fourth-order valence-corrected chi connectivity index (χ4v) is 3.53. The average molecular weight is 476 g/mol. The smallest absolute Gasteiger partial charge is 0.191 e. The van der Waals surface area contributed by atoms with E-state index in [1.165, 1.54) is 44.9 Å². The van der Waals surface area contributed by atoms with Gasteiger partial charge in [-0.3, -0.25) is 0 Å². The lowest BCUT2D eigenvalue weighted by molar-refractivity contribution is 0.278. The first-order chi connectivity index (χ1) is 10.7. The summed E-state index contributed by atoms with van der Waals surface area (Å²) >= 11 is 6.79. The van der Waals surface area contributed by atoms with Gasteiger partial charge in [-0.05, 0) is 43.8 Å². The van der Waals surface area contributed by atoms with Gasteiger partial charge in [0.15, 0.2) is 8.32 Å². The molecule has 0 fully saturated rings. The Labute approximate surface area is 163 Å². The van der Waals surface area contributed by atoms with E-state index < -0.39 is 8.32 Å². The van der Waals surface area contributed by atoms with Crippen LogP contribution in [0, 0.1) is 0 Å². The number of rotatable bonds is 12. The Bertz CT molecular complexity index is 238. The highest BCUT2D eigenvalue weighted by Gasteiger charge is 2.36. The van der Waals surface area contributed by atoms with Crippen molar-refractivity contribution in [1.29, 1.82) is 0 Å². The van der Waals surface area contributed by atoms with Gasteiger partial charge in [0.05, 0.1) is 0 Å². The van der Waals surface area contributed by atoms with Crippen molar-refractivity contribution in [1.82, 2.24) is 0 Å². The van der Waals surface area contributed by atoms with Gasteiger partial charge in [-0.2, -0.15) is 0 Å². The van der Waals surface area contributed by atoms with Crippen molar-refractivity contribution >= 4 is 40.2 Å². The molecule has 23 heavy (non-hydrogen) atoms. The van der Waals surface area contributed by atoms with Crippen LogP contribution >= 0.6 is 31.9 Å². The van der Waals surface area contributed by atoms with Crippen LogP contribution < -0.4 is 0 Å². The molecule has 0 rings (SSSR count). The van der Waals surface area contributed by atoms with Crippen molar-refractivity contribution in [3.8, 4) is 0 Å². The summed E-state index contributed by atoms with van der Waals surface area (Å²) in [6, 6.07) is 0. The number of alkyl halides is 2. The molecule has 0 atom stereocenters. The summed E-state index contributed by atoms with van der Waals surface area (Å²) in [7, 11) is -1.48. The van der Waals surface area contributed by atoms with Crippen LogP contribution in [0.4, 0.5) is 0 Å². The Kier molecular flexibility index (Phi) is 19.0. The lowest BCUT2D eigenvalue weighted by Gasteiger charge is -2.36. The van der Waals surface area contributed by atoms with Crippen molar-refractivity contribution in [2.45, 2.75) is 90.3 Å².